The summed E-state index contributed by atoms with van der Waals surface area (Å²) < 4.78 is 46.7. The molecular weight excluding hydrogens is 1410 g/mol. The standard InChI is InChI=1S/C73H121N7O14S3Si4/c1-15-17-42-99(11,12)93-101(14,94-100(13,92-98(8,9)10)43-40-96-39-38-89-37-16-2)44-41-97-50-59(78-53(5)81)61(83)45-51(3)68(84)77-52(4)60(82)47-57(25-21-22-33-75-70(86)58(74)46-54-23-19-18-20-24-54)69(85)76-34-36-79(6)71(95)90-63-30-31-73(87)64-48-56-28-29-62(88-7)66-65(56)72(73,67(63)91-66)32-35-80(64)49-55-26-27-55/h18-20,23-24,28-30,51-52,55,57-59,64,67,87H,15-17,21-22,25-27,31-50,74H2,1-14H3,(H,75,86)(H,76,85)(H,77,84)(H,78,81)/t51?,52?,57?,58?,59?,64-,67+,72+,73-,100?,101?/m1/s1. The van der Waals surface area contributed by atoms with E-state index >= 15 is 0 Å². The van der Waals surface area contributed by atoms with Crippen molar-refractivity contribution < 1.29 is 65.2 Å². The van der Waals surface area contributed by atoms with Crippen molar-refractivity contribution in [3.8, 4) is 11.5 Å². The highest BCUT2D eigenvalue weighted by Gasteiger charge is 2.72. The summed E-state index contributed by atoms with van der Waals surface area (Å²) in [5, 5.41) is 24.8. The summed E-state index contributed by atoms with van der Waals surface area (Å²) in [6.07, 6.45) is 9.94. The van der Waals surface area contributed by atoms with E-state index in [0.717, 1.165) is 79.2 Å². The molecule has 1 spiro atoms. The summed E-state index contributed by atoms with van der Waals surface area (Å²) in [5.41, 5.74) is 7.50. The Morgan fingerprint density at radius 2 is 1.52 bits per heavy atom. The Labute approximate surface area is 621 Å². The largest absolute Gasteiger partial charge is 0.493 e. The molecule has 7 rings (SSSR count). The number of nitrogens with one attached hydrogen (secondary N) is 4. The number of ketones is 2. The first-order chi connectivity index (χ1) is 47.8. The molecule has 1 saturated carbocycles. The van der Waals surface area contributed by atoms with Crippen LogP contribution in [0.1, 0.15) is 128 Å². The zero-order valence-corrected chi connectivity index (χ0v) is 69.4. The lowest BCUT2D eigenvalue weighted by Gasteiger charge is -2.62. The van der Waals surface area contributed by atoms with Crippen molar-refractivity contribution in [2.24, 2.45) is 23.5 Å². The molecule has 2 fully saturated rings. The Balaban J connectivity index is 0.945. The summed E-state index contributed by atoms with van der Waals surface area (Å²) in [6.45, 7) is 28.4. The number of likely N-dealkylation sites (N-methyl/N-ethyl adjacent to an activating group) is 1. The van der Waals surface area contributed by atoms with Gasteiger partial charge in [0.1, 0.15) is 5.76 Å². The second-order valence-corrected chi connectivity index (χ2v) is 49.6. The number of thiocarbonyl (C=S) groups is 1. The molecular formula is C73H121N7O14S3Si4. The predicted molar refractivity (Wildman–Crippen MR) is 417 cm³/mol. The van der Waals surface area contributed by atoms with Crippen LogP contribution in [-0.2, 0) is 68.8 Å². The monoisotopic (exact) mass is 1530 g/mol. The summed E-state index contributed by atoms with van der Waals surface area (Å²) in [6, 6.07) is 13.4. The van der Waals surface area contributed by atoms with E-state index in [4.69, 9.17) is 49.2 Å². The van der Waals surface area contributed by atoms with Crippen LogP contribution in [-0.4, -0.2) is 208 Å². The number of aliphatic hydroxyl groups is 1. The molecule has 1 saturated heterocycles. The second-order valence-electron chi connectivity index (χ2n) is 30.7. The number of thioether (sulfide) groups is 2. The van der Waals surface area contributed by atoms with E-state index in [-0.39, 0.29) is 72.2 Å². The molecule has 7 N–H and O–H groups in total. The number of nitrogens with two attached hydrogens (primary N) is 1. The van der Waals surface area contributed by atoms with Crippen molar-refractivity contribution >= 4 is 110 Å². The molecule has 2 heterocycles. The average molecular weight is 1530 g/mol. The minimum absolute atomic E-state index is 0.0850. The highest BCUT2D eigenvalue weighted by atomic mass is 32.2. The molecule has 0 aromatic heterocycles. The number of carbonyl (C=O) groups is 6. The van der Waals surface area contributed by atoms with Crippen molar-refractivity contribution in [1.82, 2.24) is 31.1 Å². The van der Waals surface area contributed by atoms with Crippen LogP contribution in [0.3, 0.4) is 0 Å². The van der Waals surface area contributed by atoms with Crippen molar-refractivity contribution in [2.75, 3.05) is 83.1 Å². The topological polar surface area (TPSA) is 268 Å². The minimum Gasteiger partial charge on any atom is -0.493 e. The molecule has 21 nitrogen and oxygen atoms in total. The number of unbranched alkanes of at least 4 members (excludes halogenated alkanes) is 2. The van der Waals surface area contributed by atoms with E-state index in [0.29, 0.717) is 93.1 Å². The first kappa shape index (κ1) is 84.2. The van der Waals surface area contributed by atoms with Crippen molar-refractivity contribution in [3.63, 3.8) is 0 Å². The average Bonchev–Trinajstić information content (AvgIpc) is 1.56. The molecule has 2 aromatic rings. The number of amides is 4. The maximum atomic E-state index is 14.3. The van der Waals surface area contributed by atoms with E-state index < -0.39 is 86.7 Å². The van der Waals surface area contributed by atoms with Crippen LogP contribution in [0.4, 0.5) is 0 Å². The Kier molecular flexibility index (Phi) is 32.1. The second kappa shape index (κ2) is 38.5. The molecule has 3 aliphatic carbocycles. The van der Waals surface area contributed by atoms with E-state index in [1.54, 1.807) is 44.7 Å². The number of ether oxygens (including phenoxy) is 4. The number of carbonyl (C=O) groups excluding carboxylic acids is 6. The highest BCUT2D eigenvalue weighted by molar-refractivity contribution is 7.99. The lowest BCUT2D eigenvalue weighted by Crippen LogP contribution is -2.75. The molecule has 566 valence electrons. The number of hydrogen-bond acceptors (Lipinski definition) is 19. The Hall–Kier alpha value is -4.02. The van der Waals surface area contributed by atoms with Gasteiger partial charge in [-0.15, -0.1) is 0 Å². The number of rotatable bonds is 47. The first-order valence-corrected chi connectivity index (χ1v) is 51.4. The third-order valence-corrected chi connectivity index (χ3v) is 38.7. The fraction of sp³-hybridized carbons (Fsp3) is 0.712. The normalized spacial score (nSPS) is 21.9. The third-order valence-electron chi connectivity index (χ3n) is 20.1. The number of benzene rings is 2. The molecule has 7 unspecified atom stereocenters. The number of hydrogen-bond donors (Lipinski definition) is 6. The molecule has 11 atom stereocenters. The van der Waals surface area contributed by atoms with Gasteiger partial charge in [0.2, 0.25) is 23.6 Å². The number of methoxy groups -OCH3 is 1. The first-order valence-electron chi connectivity index (χ1n) is 37.1. The quantitative estimate of drug-likeness (QED) is 0.0204. The molecule has 4 amide bonds. The molecule has 5 aliphatic rings. The molecule has 2 bridgehead atoms. The number of piperidine rings is 1. The van der Waals surface area contributed by atoms with Crippen molar-refractivity contribution in [3.05, 3.63) is 71.0 Å². The fourth-order valence-corrected chi connectivity index (χ4v) is 38.1. The SMILES string of the molecule is CCCC[Si](C)(C)O[Si](C)(CCSCC(NC(C)=O)C(=O)CC(C)C(=O)NC(C)C(=O)CC(CCCCNC(=O)C(N)Cc1ccccc1)C(=O)NCCN(C)C(=S)OC1=CC[C@@]2(O)[C@H]3Cc4ccc(OC)c5c4[C@@]2(CCN3CC2CC2)[C@H]1O5)O[Si](C)(CCSCCOCCC)O[Si](C)(C)C. The van der Waals surface area contributed by atoms with Gasteiger partial charge in [0, 0.05) is 101 Å². The Morgan fingerprint density at radius 1 is 0.822 bits per heavy atom. The maximum Gasteiger partial charge on any atom is 0.316 e. The van der Waals surface area contributed by atoms with Crippen molar-refractivity contribution in [1.29, 1.82) is 0 Å². The van der Waals surface area contributed by atoms with Gasteiger partial charge >= 0.3 is 17.1 Å². The van der Waals surface area contributed by atoms with Gasteiger partial charge in [0.25, 0.3) is 5.17 Å². The molecule has 2 aliphatic heterocycles. The third kappa shape index (κ3) is 24.0. The van der Waals surface area contributed by atoms with Crippen LogP contribution in [0.2, 0.25) is 64.0 Å². The number of Topliss-reactive ketones (excluding diaryl/α,β-unsaturated/α-hetero) is 2. The molecule has 0 radical (unpaired) electrons. The predicted octanol–water partition coefficient (Wildman–Crippen LogP) is 10.1. The smallest absolute Gasteiger partial charge is 0.316 e. The van der Waals surface area contributed by atoms with Crippen LogP contribution >= 0.6 is 35.7 Å². The van der Waals surface area contributed by atoms with Gasteiger partial charge in [-0.2, -0.15) is 23.5 Å². The summed E-state index contributed by atoms with van der Waals surface area (Å²) >= 11 is 9.35. The van der Waals surface area contributed by atoms with E-state index in [2.05, 4.69) is 91.9 Å². The zero-order chi connectivity index (χ0) is 73.9. The lowest BCUT2D eigenvalue weighted by atomic mass is 9.50. The van der Waals surface area contributed by atoms with Gasteiger partial charge in [-0.25, -0.2) is 0 Å². The van der Waals surface area contributed by atoms with Crippen molar-refractivity contribution in [2.45, 2.75) is 230 Å². The van der Waals surface area contributed by atoms with Crippen LogP contribution in [0.25, 0.3) is 0 Å². The lowest BCUT2D eigenvalue weighted by molar-refractivity contribution is -0.168. The van der Waals surface area contributed by atoms with Gasteiger partial charge in [-0.3, -0.25) is 33.7 Å². The van der Waals surface area contributed by atoms with Gasteiger partial charge in [0.05, 0.1) is 42.9 Å². The zero-order valence-electron chi connectivity index (χ0n) is 63.0. The molecule has 2 aromatic carbocycles. The fourth-order valence-electron chi connectivity index (χ4n) is 14.8. The maximum absolute atomic E-state index is 14.3. The molecule has 101 heavy (non-hydrogen) atoms. The van der Waals surface area contributed by atoms with Crippen LogP contribution in [0, 0.1) is 17.8 Å². The van der Waals surface area contributed by atoms with Gasteiger partial charge < -0.3 is 68.3 Å². The summed E-state index contributed by atoms with van der Waals surface area (Å²) in [7, 11) is -6.42. The van der Waals surface area contributed by atoms with Gasteiger partial charge in [0.15, 0.2) is 45.8 Å². The van der Waals surface area contributed by atoms with E-state index in [9.17, 15) is 33.9 Å². The van der Waals surface area contributed by atoms with E-state index in [1.165, 1.54) is 19.8 Å². The minimum atomic E-state index is -2.89. The van der Waals surface area contributed by atoms with Gasteiger partial charge in [-0.1, -0.05) is 76.4 Å². The summed E-state index contributed by atoms with van der Waals surface area (Å²) in [5.74, 6) is 1.30. The van der Waals surface area contributed by atoms with Crippen LogP contribution in [0.5, 0.6) is 11.5 Å². The summed E-state index contributed by atoms with van der Waals surface area (Å²) in [4.78, 5) is 86.5. The molecule has 28 heteroatoms. The Bertz CT molecular complexity index is 3160. The number of likely N-dealkylation sites (tertiary alicyclic amines) is 1. The number of nitrogens with zero attached hydrogens (tertiary/aromatic N) is 2. The van der Waals surface area contributed by atoms with Crippen LogP contribution < -0.4 is 36.5 Å². The van der Waals surface area contributed by atoms with Gasteiger partial charge in [-0.05, 0) is 182 Å². The van der Waals surface area contributed by atoms with Crippen LogP contribution in [0.15, 0.2) is 54.3 Å². The Morgan fingerprint density at radius 3 is 2.20 bits per heavy atom. The highest BCUT2D eigenvalue weighted by Crippen LogP contribution is 2.66. The van der Waals surface area contributed by atoms with E-state index in [1.807, 2.05) is 54.2 Å².